The van der Waals surface area contributed by atoms with E-state index in [9.17, 15) is 5.11 Å². The summed E-state index contributed by atoms with van der Waals surface area (Å²) in [7, 11) is 0. The van der Waals surface area contributed by atoms with Gasteiger partial charge in [0.1, 0.15) is 12.6 Å². The van der Waals surface area contributed by atoms with Crippen molar-refractivity contribution in [3.05, 3.63) is 71.8 Å². The Morgan fingerprint density at radius 2 is 1.52 bits per heavy atom. The molecule has 0 aromatic heterocycles. The van der Waals surface area contributed by atoms with Gasteiger partial charge < -0.3 is 22.4 Å². The molecular weight excluding hydrogens is 330 g/mol. The maximum absolute atomic E-state index is 10.8. The van der Waals surface area contributed by atoms with Gasteiger partial charge in [0.25, 0.3) is 0 Å². The quantitative estimate of drug-likeness (QED) is 0.747. The molecule has 136 valence electrons. The zero-order valence-electron chi connectivity index (χ0n) is 15.1. The van der Waals surface area contributed by atoms with Gasteiger partial charge in [-0.1, -0.05) is 60.7 Å². The zero-order chi connectivity index (χ0) is 16.8. The van der Waals surface area contributed by atoms with Crippen molar-refractivity contribution in [2.24, 2.45) is 0 Å². The second-order valence-corrected chi connectivity index (χ2v) is 7.27. The molecule has 0 bridgehead atoms. The van der Waals surface area contributed by atoms with Crippen LogP contribution in [-0.2, 0) is 0 Å². The van der Waals surface area contributed by atoms with Gasteiger partial charge in [-0.15, -0.1) is 0 Å². The first-order valence-electron chi connectivity index (χ1n) is 9.36. The number of aliphatic hydroxyl groups excluding tert-OH is 1. The Kier molecular flexibility index (Phi) is 7.95. The number of rotatable bonds is 6. The second-order valence-electron chi connectivity index (χ2n) is 7.27. The van der Waals surface area contributed by atoms with Crippen LogP contribution >= 0.6 is 0 Å². The summed E-state index contributed by atoms with van der Waals surface area (Å²) in [6.07, 6.45) is 4.48. The summed E-state index contributed by atoms with van der Waals surface area (Å²) >= 11 is 0. The lowest BCUT2D eigenvalue weighted by Crippen LogP contribution is -3.17. The van der Waals surface area contributed by atoms with E-state index in [0.29, 0.717) is 6.04 Å². The van der Waals surface area contributed by atoms with Crippen LogP contribution in [0.2, 0.25) is 0 Å². The van der Waals surface area contributed by atoms with Crippen molar-refractivity contribution in [2.45, 2.75) is 50.7 Å². The van der Waals surface area contributed by atoms with E-state index in [1.165, 1.54) is 36.9 Å². The smallest absolute Gasteiger partial charge is 0.104 e. The van der Waals surface area contributed by atoms with E-state index in [4.69, 9.17) is 0 Å². The number of hydrogen-bond acceptors (Lipinski definition) is 1. The molecular formula is C22H30ClNO. The molecule has 0 amide bonds. The minimum atomic E-state index is -0.258. The summed E-state index contributed by atoms with van der Waals surface area (Å²) in [6.45, 7) is 4.41. The highest BCUT2D eigenvalue weighted by Gasteiger charge is 2.26. The molecule has 1 heterocycles. The lowest BCUT2D eigenvalue weighted by Gasteiger charge is -2.32. The van der Waals surface area contributed by atoms with Gasteiger partial charge in [-0.25, -0.2) is 0 Å². The number of quaternary nitrogens is 1. The number of halogens is 1. The molecule has 2 nitrogen and oxygen atoms in total. The fraction of sp³-hybridized carbons (Fsp3) is 0.455. The van der Waals surface area contributed by atoms with E-state index in [1.807, 2.05) is 0 Å². The number of hydrogen-bond donors (Lipinski definition) is 2. The van der Waals surface area contributed by atoms with Gasteiger partial charge in [0.15, 0.2) is 0 Å². The fourth-order valence-electron chi connectivity index (χ4n) is 4.05. The first kappa shape index (κ1) is 20.0. The van der Waals surface area contributed by atoms with E-state index in [1.54, 1.807) is 4.90 Å². The van der Waals surface area contributed by atoms with Crippen LogP contribution in [0.5, 0.6) is 0 Å². The highest BCUT2D eigenvalue weighted by molar-refractivity contribution is 5.32. The lowest BCUT2D eigenvalue weighted by atomic mass is 9.86. The van der Waals surface area contributed by atoms with Crippen LogP contribution < -0.4 is 17.3 Å². The Morgan fingerprint density at radius 3 is 2.04 bits per heavy atom. The average Bonchev–Trinajstić information content (AvgIpc) is 2.63. The third kappa shape index (κ3) is 5.57. The monoisotopic (exact) mass is 359 g/mol. The maximum Gasteiger partial charge on any atom is 0.104 e. The van der Waals surface area contributed by atoms with Crippen molar-refractivity contribution in [1.82, 2.24) is 0 Å². The summed E-state index contributed by atoms with van der Waals surface area (Å²) in [4.78, 5) is 1.58. The molecule has 0 saturated carbocycles. The molecule has 0 radical (unpaired) electrons. The summed E-state index contributed by atoms with van der Waals surface area (Å²) in [6, 6.07) is 21.9. The number of aliphatic hydroxyl groups is 1. The van der Waals surface area contributed by atoms with Crippen molar-refractivity contribution in [3.63, 3.8) is 0 Å². The average molecular weight is 360 g/mol. The van der Waals surface area contributed by atoms with E-state index >= 15 is 0 Å². The summed E-state index contributed by atoms with van der Waals surface area (Å²) in [5.74, 6) is 0.266. The third-order valence-electron chi connectivity index (χ3n) is 5.49. The van der Waals surface area contributed by atoms with Crippen molar-refractivity contribution in [2.75, 3.05) is 13.1 Å². The third-order valence-corrected chi connectivity index (χ3v) is 5.49. The standard InChI is InChI=1S/C22H29NO.ClH/c1-18-10-8-9-15-23(18)17-21(24)16-22(19-11-4-2-5-12-19)20-13-6-3-7-14-20;/h2-7,11-14,18,21-22,24H,8-10,15-17H2,1H3;1H. The van der Waals surface area contributed by atoms with Crippen LogP contribution in [0.25, 0.3) is 0 Å². The van der Waals surface area contributed by atoms with Gasteiger partial charge in [-0.2, -0.15) is 0 Å². The Bertz CT molecular complexity index is 564. The molecule has 2 aromatic carbocycles. The number of piperidine rings is 1. The van der Waals surface area contributed by atoms with Crippen molar-refractivity contribution < 1.29 is 22.4 Å². The molecule has 25 heavy (non-hydrogen) atoms. The van der Waals surface area contributed by atoms with E-state index in [2.05, 4.69) is 67.6 Å². The van der Waals surface area contributed by atoms with Gasteiger partial charge in [-0.3, -0.25) is 0 Å². The van der Waals surface area contributed by atoms with Crippen molar-refractivity contribution in [1.29, 1.82) is 0 Å². The van der Waals surface area contributed by atoms with Crippen LogP contribution in [0.1, 0.15) is 49.7 Å². The van der Waals surface area contributed by atoms with E-state index < -0.39 is 0 Å². The van der Waals surface area contributed by atoms with Gasteiger partial charge in [-0.05, 0) is 43.7 Å². The van der Waals surface area contributed by atoms with Gasteiger partial charge in [0.2, 0.25) is 0 Å². The normalized spacial score (nSPS) is 21.6. The largest absolute Gasteiger partial charge is 1.00 e. The Balaban J connectivity index is 0.00000225. The first-order valence-corrected chi connectivity index (χ1v) is 9.36. The zero-order valence-corrected chi connectivity index (χ0v) is 15.8. The molecule has 3 unspecified atom stereocenters. The number of nitrogens with one attached hydrogen (secondary N) is 1. The van der Waals surface area contributed by atoms with Gasteiger partial charge in [0.05, 0.1) is 12.6 Å². The molecule has 0 aliphatic carbocycles. The summed E-state index contributed by atoms with van der Waals surface area (Å²) < 4.78 is 0. The molecule has 3 atom stereocenters. The topological polar surface area (TPSA) is 24.7 Å². The van der Waals surface area contributed by atoms with Crippen LogP contribution in [0.15, 0.2) is 60.7 Å². The molecule has 3 rings (SSSR count). The molecule has 1 aliphatic rings. The highest BCUT2D eigenvalue weighted by Crippen LogP contribution is 2.28. The maximum atomic E-state index is 10.8. The van der Waals surface area contributed by atoms with Crippen LogP contribution in [-0.4, -0.2) is 30.3 Å². The van der Waals surface area contributed by atoms with Crippen LogP contribution in [0.4, 0.5) is 0 Å². The summed E-state index contributed by atoms with van der Waals surface area (Å²) in [5.41, 5.74) is 2.59. The molecule has 1 fully saturated rings. The van der Waals surface area contributed by atoms with Gasteiger partial charge >= 0.3 is 0 Å². The van der Waals surface area contributed by atoms with E-state index in [-0.39, 0.29) is 24.4 Å². The molecule has 2 N–H and O–H groups in total. The number of likely N-dealkylation sites (tertiary alicyclic amines) is 1. The minimum absolute atomic E-state index is 0. The van der Waals surface area contributed by atoms with Crippen molar-refractivity contribution >= 4 is 0 Å². The van der Waals surface area contributed by atoms with E-state index in [0.717, 1.165) is 13.0 Å². The molecule has 2 aromatic rings. The summed E-state index contributed by atoms with van der Waals surface area (Å²) in [5, 5.41) is 10.8. The van der Waals surface area contributed by atoms with Crippen LogP contribution in [0, 0.1) is 0 Å². The Morgan fingerprint density at radius 1 is 0.960 bits per heavy atom. The predicted molar refractivity (Wildman–Crippen MR) is 99.4 cm³/mol. The first-order chi connectivity index (χ1) is 11.7. The second kappa shape index (κ2) is 9.96. The Labute approximate surface area is 158 Å². The SMILES string of the molecule is CC1CCCC[NH+]1CC(O)CC(c1ccccc1)c1ccccc1.[Cl-]. The number of benzene rings is 2. The van der Waals surface area contributed by atoms with Crippen LogP contribution in [0.3, 0.4) is 0 Å². The molecule has 1 aliphatic heterocycles. The fourth-order valence-corrected chi connectivity index (χ4v) is 4.05. The molecule has 0 spiro atoms. The molecule has 3 heteroatoms. The Hall–Kier alpha value is -1.35. The minimum Gasteiger partial charge on any atom is -1.00 e. The highest BCUT2D eigenvalue weighted by atomic mass is 35.5. The van der Waals surface area contributed by atoms with Gasteiger partial charge in [0, 0.05) is 5.92 Å². The lowest BCUT2D eigenvalue weighted by molar-refractivity contribution is -0.931. The molecule has 1 saturated heterocycles. The van der Waals surface area contributed by atoms with Crippen molar-refractivity contribution in [3.8, 4) is 0 Å². The predicted octanol–water partition coefficient (Wildman–Crippen LogP) is 0.0308.